The van der Waals surface area contributed by atoms with Gasteiger partial charge in [-0.3, -0.25) is 10.2 Å². The molecule has 0 aromatic heterocycles. The van der Waals surface area contributed by atoms with Crippen LogP contribution in [0.25, 0.3) is 0 Å². The Kier molecular flexibility index (Phi) is 5.03. The SMILES string of the molecule is CNC(C#N)(CN1CC(C)CC(C)C1C)c1ccccc1. The average molecular weight is 285 g/mol. The van der Waals surface area contributed by atoms with E-state index in [2.05, 4.69) is 37.1 Å². The Balaban J connectivity index is 2.26. The van der Waals surface area contributed by atoms with E-state index in [1.54, 1.807) is 0 Å². The Bertz CT molecular complexity index is 493. The molecule has 3 heteroatoms. The van der Waals surface area contributed by atoms with Crippen LogP contribution in [0.4, 0.5) is 0 Å². The summed E-state index contributed by atoms with van der Waals surface area (Å²) >= 11 is 0. The highest BCUT2D eigenvalue weighted by Crippen LogP contribution is 2.30. The Morgan fingerprint density at radius 1 is 1.29 bits per heavy atom. The predicted molar refractivity (Wildman–Crippen MR) is 86.8 cm³/mol. The molecule has 0 amide bonds. The molecule has 4 unspecified atom stereocenters. The molecule has 1 aromatic carbocycles. The predicted octanol–water partition coefficient (Wildman–Crippen LogP) is 2.99. The van der Waals surface area contributed by atoms with E-state index < -0.39 is 5.54 Å². The zero-order chi connectivity index (χ0) is 15.5. The van der Waals surface area contributed by atoms with Crippen molar-refractivity contribution in [2.24, 2.45) is 11.8 Å². The van der Waals surface area contributed by atoms with Crippen LogP contribution in [0.1, 0.15) is 32.8 Å². The standard InChI is InChI=1S/C18H27N3/c1-14-10-15(2)16(3)21(11-14)13-18(12-19,20-4)17-8-6-5-7-9-17/h5-9,14-16,20H,10-11,13H2,1-4H3. The van der Waals surface area contributed by atoms with Crippen molar-refractivity contribution in [3.05, 3.63) is 35.9 Å². The molecule has 0 radical (unpaired) electrons. The molecule has 1 heterocycles. The fourth-order valence-electron chi connectivity index (χ4n) is 3.54. The van der Waals surface area contributed by atoms with Gasteiger partial charge in [0.1, 0.15) is 5.54 Å². The molecule has 1 aliphatic rings. The second-order valence-electron chi connectivity index (χ2n) is 6.62. The van der Waals surface area contributed by atoms with Crippen molar-refractivity contribution in [3.8, 4) is 6.07 Å². The van der Waals surface area contributed by atoms with Crippen molar-refractivity contribution in [1.29, 1.82) is 5.26 Å². The second kappa shape index (κ2) is 6.60. The van der Waals surface area contributed by atoms with Crippen molar-refractivity contribution in [2.45, 2.75) is 38.8 Å². The number of likely N-dealkylation sites (N-methyl/N-ethyl adjacent to an activating group) is 1. The molecule has 21 heavy (non-hydrogen) atoms. The maximum atomic E-state index is 9.84. The number of nitriles is 1. The highest BCUT2D eigenvalue weighted by Gasteiger charge is 2.37. The largest absolute Gasteiger partial charge is 0.298 e. The van der Waals surface area contributed by atoms with Crippen LogP contribution in [0.15, 0.2) is 30.3 Å². The van der Waals surface area contributed by atoms with Crippen LogP contribution >= 0.6 is 0 Å². The summed E-state index contributed by atoms with van der Waals surface area (Å²) < 4.78 is 0. The molecule has 0 bridgehead atoms. The Morgan fingerprint density at radius 2 is 1.95 bits per heavy atom. The maximum Gasteiger partial charge on any atom is 0.144 e. The van der Waals surface area contributed by atoms with Crippen molar-refractivity contribution in [3.63, 3.8) is 0 Å². The molecule has 3 nitrogen and oxygen atoms in total. The number of nitrogens with zero attached hydrogens (tertiary/aromatic N) is 2. The van der Waals surface area contributed by atoms with E-state index >= 15 is 0 Å². The Morgan fingerprint density at radius 3 is 2.52 bits per heavy atom. The highest BCUT2D eigenvalue weighted by molar-refractivity contribution is 5.32. The number of benzene rings is 1. The molecule has 1 fully saturated rings. The Hall–Kier alpha value is -1.37. The highest BCUT2D eigenvalue weighted by atomic mass is 15.2. The minimum absolute atomic E-state index is 0.519. The fourth-order valence-corrected chi connectivity index (χ4v) is 3.54. The van der Waals surface area contributed by atoms with Gasteiger partial charge in [-0.15, -0.1) is 0 Å². The van der Waals surface area contributed by atoms with Crippen molar-refractivity contribution < 1.29 is 0 Å². The molecule has 2 rings (SSSR count). The average Bonchev–Trinajstić information content (AvgIpc) is 2.50. The summed E-state index contributed by atoms with van der Waals surface area (Å²) in [6, 6.07) is 13.1. The quantitative estimate of drug-likeness (QED) is 0.924. The van der Waals surface area contributed by atoms with Gasteiger partial charge in [0.2, 0.25) is 0 Å². The lowest BCUT2D eigenvalue weighted by atomic mass is 9.83. The first-order chi connectivity index (χ1) is 10.0. The normalized spacial score (nSPS) is 29.6. The summed E-state index contributed by atoms with van der Waals surface area (Å²) in [5.41, 5.74) is 0.417. The monoisotopic (exact) mass is 285 g/mol. The van der Waals surface area contributed by atoms with Gasteiger partial charge in [-0.2, -0.15) is 5.26 Å². The van der Waals surface area contributed by atoms with E-state index in [-0.39, 0.29) is 0 Å². The lowest BCUT2D eigenvalue weighted by Crippen LogP contribution is -2.55. The molecule has 1 saturated heterocycles. The van der Waals surface area contributed by atoms with Gasteiger partial charge in [0.25, 0.3) is 0 Å². The zero-order valence-corrected chi connectivity index (χ0v) is 13.6. The van der Waals surface area contributed by atoms with Gasteiger partial charge in [-0.25, -0.2) is 0 Å². The third-order valence-electron chi connectivity index (χ3n) is 5.04. The number of piperidine rings is 1. The first kappa shape index (κ1) is 16.0. The molecule has 1 aromatic rings. The van der Waals surface area contributed by atoms with Gasteiger partial charge < -0.3 is 0 Å². The molecule has 114 valence electrons. The Labute approximate surface area is 129 Å². The zero-order valence-electron chi connectivity index (χ0n) is 13.6. The summed E-state index contributed by atoms with van der Waals surface area (Å²) in [5.74, 6) is 1.37. The van der Waals surface area contributed by atoms with Gasteiger partial charge in [0.15, 0.2) is 0 Å². The number of hydrogen-bond donors (Lipinski definition) is 1. The molecular weight excluding hydrogens is 258 g/mol. The molecule has 4 atom stereocenters. The molecule has 1 N–H and O–H groups in total. The second-order valence-corrected chi connectivity index (χ2v) is 6.62. The number of likely N-dealkylation sites (tertiary alicyclic amines) is 1. The molecule has 1 aliphatic heterocycles. The van der Waals surface area contributed by atoms with Gasteiger partial charge in [0.05, 0.1) is 6.07 Å². The van der Waals surface area contributed by atoms with E-state index in [1.165, 1.54) is 6.42 Å². The van der Waals surface area contributed by atoms with Crippen LogP contribution in [0.5, 0.6) is 0 Å². The molecule has 0 aliphatic carbocycles. The van der Waals surface area contributed by atoms with Crippen LogP contribution in [0.2, 0.25) is 0 Å². The molecule has 0 spiro atoms. The van der Waals surface area contributed by atoms with E-state index in [1.807, 2.05) is 37.4 Å². The summed E-state index contributed by atoms with van der Waals surface area (Å²) in [7, 11) is 1.89. The maximum absolute atomic E-state index is 9.84. The van der Waals surface area contributed by atoms with E-state index in [0.717, 1.165) is 18.7 Å². The van der Waals surface area contributed by atoms with Crippen molar-refractivity contribution >= 4 is 0 Å². The first-order valence-electron chi connectivity index (χ1n) is 7.92. The third kappa shape index (κ3) is 3.28. The van der Waals surface area contributed by atoms with Gasteiger partial charge in [-0.05, 0) is 37.8 Å². The van der Waals surface area contributed by atoms with Crippen LogP contribution < -0.4 is 5.32 Å². The van der Waals surface area contributed by atoms with E-state index in [0.29, 0.717) is 17.9 Å². The molecular formula is C18H27N3. The first-order valence-corrected chi connectivity index (χ1v) is 7.92. The minimum atomic E-state index is -0.633. The lowest BCUT2D eigenvalue weighted by Gasteiger charge is -2.44. The van der Waals surface area contributed by atoms with Crippen molar-refractivity contribution in [2.75, 3.05) is 20.1 Å². The van der Waals surface area contributed by atoms with Gasteiger partial charge >= 0.3 is 0 Å². The topological polar surface area (TPSA) is 39.1 Å². The molecule has 0 saturated carbocycles. The smallest absolute Gasteiger partial charge is 0.144 e. The summed E-state index contributed by atoms with van der Waals surface area (Å²) in [4.78, 5) is 2.48. The van der Waals surface area contributed by atoms with E-state index in [9.17, 15) is 5.26 Å². The summed E-state index contributed by atoms with van der Waals surface area (Å²) in [5, 5.41) is 13.1. The van der Waals surface area contributed by atoms with Gasteiger partial charge in [0, 0.05) is 19.1 Å². The fraction of sp³-hybridized carbons (Fsp3) is 0.611. The number of hydrogen-bond acceptors (Lipinski definition) is 3. The van der Waals surface area contributed by atoms with Crippen LogP contribution in [-0.4, -0.2) is 31.1 Å². The van der Waals surface area contributed by atoms with Crippen LogP contribution in [0, 0.1) is 23.2 Å². The van der Waals surface area contributed by atoms with Crippen LogP contribution in [-0.2, 0) is 5.54 Å². The van der Waals surface area contributed by atoms with Crippen molar-refractivity contribution in [1.82, 2.24) is 10.2 Å². The lowest BCUT2D eigenvalue weighted by molar-refractivity contribution is 0.0610. The minimum Gasteiger partial charge on any atom is -0.298 e. The summed E-state index contributed by atoms with van der Waals surface area (Å²) in [6.07, 6.45) is 1.28. The van der Waals surface area contributed by atoms with E-state index in [4.69, 9.17) is 0 Å². The number of nitrogens with one attached hydrogen (secondary N) is 1. The third-order valence-corrected chi connectivity index (χ3v) is 5.04. The number of rotatable bonds is 4. The summed E-state index contributed by atoms with van der Waals surface area (Å²) in [6.45, 7) is 8.73. The van der Waals surface area contributed by atoms with Gasteiger partial charge in [-0.1, -0.05) is 44.2 Å². The van der Waals surface area contributed by atoms with Crippen LogP contribution in [0.3, 0.4) is 0 Å².